The molecular weight excluding hydrogens is 457 g/mol. The van der Waals surface area contributed by atoms with E-state index in [0.717, 1.165) is 20.7 Å². The van der Waals surface area contributed by atoms with E-state index in [0.29, 0.717) is 0 Å². The molecule has 1 heterocycles. The zero-order valence-corrected chi connectivity index (χ0v) is 14.9. The van der Waals surface area contributed by atoms with E-state index in [9.17, 15) is 13.2 Å². The van der Waals surface area contributed by atoms with Crippen LogP contribution in [0.2, 0.25) is 0 Å². The highest BCUT2D eigenvalue weighted by molar-refractivity contribution is 14.1. The second-order valence-electron chi connectivity index (χ2n) is 3.36. The summed E-state index contributed by atoms with van der Waals surface area (Å²) in [7, 11) is -2.31. The highest BCUT2D eigenvalue weighted by Gasteiger charge is 2.22. The molecule has 18 heavy (non-hydrogen) atoms. The SMILES string of the molecule is COC(=O)C(I)CNS(=O)(=O)c1cc(C)c(Br)s1. The van der Waals surface area contributed by atoms with E-state index in [-0.39, 0.29) is 10.8 Å². The van der Waals surface area contributed by atoms with Gasteiger partial charge in [-0.1, -0.05) is 22.6 Å². The highest BCUT2D eigenvalue weighted by atomic mass is 127. The maximum Gasteiger partial charge on any atom is 0.319 e. The van der Waals surface area contributed by atoms with Gasteiger partial charge in [0.15, 0.2) is 0 Å². The largest absolute Gasteiger partial charge is 0.468 e. The fourth-order valence-corrected chi connectivity index (χ4v) is 5.12. The van der Waals surface area contributed by atoms with Crippen LogP contribution in [0.4, 0.5) is 0 Å². The molecule has 0 aliphatic carbocycles. The van der Waals surface area contributed by atoms with E-state index >= 15 is 0 Å². The second-order valence-corrected chi connectivity index (χ2v) is 9.23. The quantitative estimate of drug-likeness (QED) is 0.408. The van der Waals surface area contributed by atoms with E-state index < -0.39 is 19.9 Å². The first-order chi connectivity index (χ1) is 8.27. The van der Waals surface area contributed by atoms with Crippen LogP contribution in [0.1, 0.15) is 5.56 Å². The van der Waals surface area contributed by atoms with E-state index in [1.54, 1.807) is 6.07 Å². The van der Waals surface area contributed by atoms with E-state index in [4.69, 9.17) is 0 Å². The maximum absolute atomic E-state index is 11.9. The summed E-state index contributed by atoms with van der Waals surface area (Å²) in [4.78, 5) is 11.2. The molecule has 1 aromatic heterocycles. The molecule has 0 aromatic carbocycles. The standard InChI is InChI=1S/C9H11BrINO4S2/c1-5-3-7(17-8(5)10)18(14,15)12-4-6(11)9(13)16-2/h3,6,12H,4H2,1-2H3. The third-order valence-corrected chi connectivity index (χ3v) is 6.99. The van der Waals surface area contributed by atoms with Gasteiger partial charge in [-0.15, -0.1) is 11.3 Å². The van der Waals surface area contributed by atoms with Gasteiger partial charge in [-0.2, -0.15) is 0 Å². The molecule has 0 aliphatic heterocycles. The van der Waals surface area contributed by atoms with Crippen LogP contribution < -0.4 is 4.72 Å². The molecule has 0 aliphatic rings. The molecular formula is C9H11BrINO4S2. The predicted octanol–water partition coefficient (Wildman–Crippen LogP) is 2.07. The monoisotopic (exact) mass is 467 g/mol. The summed E-state index contributed by atoms with van der Waals surface area (Å²) in [5.41, 5.74) is 0.861. The molecule has 102 valence electrons. The number of aryl methyl sites for hydroxylation is 1. The summed E-state index contributed by atoms with van der Waals surface area (Å²) in [5, 5.41) is 0. The number of sulfonamides is 1. The highest BCUT2D eigenvalue weighted by Crippen LogP contribution is 2.30. The normalized spacial score (nSPS) is 13.3. The summed E-state index contributed by atoms with van der Waals surface area (Å²) < 4.78 is 31.2. The average molecular weight is 468 g/mol. The topological polar surface area (TPSA) is 72.5 Å². The van der Waals surface area contributed by atoms with Gasteiger partial charge in [-0.25, -0.2) is 13.1 Å². The molecule has 9 heteroatoms. The Kier molecular flexibility index (Phi) is 6.03. The number of hydrogen-bond donors (Lipinski definition) is 1. The van der Waals surface area contributed by atoms with Gasteiger partial charge in [0.05, 0.1) is 10.9 Å². The summed E-state index contributed by atoms with van der Waals surface area (Å²) in [6.45, 7) is 1.82. The lowest BCUT2D eigenvalue weighted by Crippen LogP contribution is -2.33. The van der Waals surface area contributed by atoms with Crippen LogP contribution in [0.15, 0.2) is 14.1 Å². The van der Waals surface area contributed by atoms with Crippen LogP contribution in [0.25, 0.3) is 0 Å². The minimum atomic E-state index is -3.57. The molecule has 0 spiro atoms. The smallest absolute Gasteiger partial charge is 0.319 e. The number of methoxy groups -OCH3 is 1. The number of ether oxygens (including phenoxy) is 1. The lowest BCUT2D eigenvalue weighted by atomic mass is 10.4. The molecule has 0 saturated carbocycles. The van der Waals surface area contributed by atoms with Crippen molar-refractivity contribution in [1.29, 1.82) is 0 Å². The number of carbonyl (C=O) groups excluding carboxylic acids is 1. The van der Waals surface area contributed by atoms with Gasteiger partial charge in [-0.05, 0) is 34.5 Å². The fraction of sp³-hybridized carbons (Fsp3) is 0.444. The van der Waals surface area contributed by atoms with Crippen molar-refractivity contribution in [1.82, 2.24) is 4.72 Å². The van der Waals surface area contributed by atoms with E-state index in [1.165, 1.54) is 7.11 Å². The molecule has 0 amide bonds. The zero-order chi connectivity index (χ0) is 13.9. The number of alkyl halides is 1. The summed E-state index contributed by atoms with van der Waals surface area (Å²) in [6, 6.07) is 1.58. The van der Waals surface area contributed by atoms with Gasteiger partial charge in [0.2, 0.25) is 10.0 Å². The van der Waals surface area contributed by atoms with Crippen molar-refractivity contribution in [3.63, 3.8) is 0 Å². The van der Waals surface area contributed by atoms with Crippen molar-refractivity contribution in [2.45, 2.75) is 15.1 Å². The molecule has 5 nitrogen and oxygen atoms in total. The Morgan fingerprint density at radius 3 is 2.72 bits per heavy atom. The molecule has 0 bridgehead atoms. The molecule has 0 saturated heterocycles. The van der Waals surface area contributed by atoms with Crippen molar-refractivity contribution in [3.05, 3.63) is 15.4 Å². The minimum absolute atomic E-state index is 0.00410. The van der Waals surface area contributed by atoms with Crippen LogP contribution in [0, 0.1) is 6.92 Å². The van der Waals surface area contributed by atoms with Gasteiger partial charge < -0.3 is 4.74 Å². The van der Waals surface area contributed by atoms with Crippen molar-refractivity contribution >= 4 is 65.9 Å². The third kappa shape index (κ3) is 4.15. The number of esters is 1. The maximum atomic E-state index is 11.9. The number of rotatable bonds is 5. The van der Waals surface area contributed by atoms with E-state index in [1.807, 2.05) is 29.5 Å². The lowest BCUT2D eigenvalue weighted by molar-refractivity contribution is -0.139. The lowest BCUT2D eigenvalue weighted by Gasteiger charge is -2.08. The van der Waals surface area contributed by atoms with Crippen LogP contribution in [0.5, 0.6) is 0 Å². The Hall–Kier alpha value is 0.290. The fourth-order valence-electron chi connectivity index (χ4n) is 1.03. The average Bonchev–Trinajstić information content (AvgIpc) is 2.66. The van der Waals surface area contributed by atoms with Gasteiger partial charge in [0.1, 0.15) is 8.13 Å². The summed E-state index contributed by atoms with van der Waals surface area (Å²) in [6.07, 6.45) is 0. The molecule has 1 atom stereocenters. The third-order valence-electron chi connectivity index (χ3n) is 2.01. The predicted molar refractivity (Wildman–Crippen MR) is 81.8 cm³/mol. The zero-order valence-electron chi connectivity index (χ0n) is 9.57. The molecule has 0 fully saturated rings. The van der Waals surface area contributed by atoms with Crippen molar-refractivity contribution < 1.29 is 17.9 Å². The van der Waals surface area contributed by atoms with E-state index in [2.05, 4.69) is 25.4 Å². The van der Waals surface area contributed by atoms with Crippen LogP contribution in [0.3, 0.4) is 0 Å². The van der Waals surface area contributed by atoms with Crippen molar-refractivity contribution in [3.8, 4) is 0 Å². The first-order valence-corrected chi connectivity index (χ1v) is 9.09. The Morgan fingerprint density at radius 2 is 2.28 bits per heavy atom. The molecule has 0 radical (unpaired) electrons. The number of nitrogens with one attached hydrogen (secondary N) is 1. The van der Waals surface area contributed by atoms with Gasteiger partial charge >= 0.3 is 5.97 Å². The Labute approximate surface area is 132 Å². The van der Waals surface area contributed by atoms with Crippen LogP contribution in [-0.4, -0.2) is 32.0 Å². The minimum Gasteiger partial charge on any atom is -0.468 e. The number of hydrogen-bond acceptors (Lipinski definition) is 5. The second kappa shape index (κ2) is 6.64. The van der Waals surface area contributed by atoms with Gasteiger partial charge in [0.25, 0.3) is 0 Å². The molecule has 1 N–H and O–H groups in total. The Balaban J connectivity index is 2.74. The Morgan fingerprint density at radius 1 is 1.67 bits per heavy atom. The molecule has 1 rings (SSSR count). The summed E-state index contributed by atoms with van der Waals surface area (Å²) >= 11 is 6.24. The van der Waals surface area contributed by atoms with Crippen molar-refractivity contribution in [2.24, 2.45) is 0 Å². The number of thiophene rings is 1. The molecule has 1 aromatic rings. The first-order valence-electron chi connectivity index (χ1n) is 4.75. The molecule has 1 unspecified atom stereocenters. The van der Waals surface area contributed by atoms with Gasteiger partial charge in [0, 0.05) is 6.54 Å². The van der Waals surface area contributed by atoms with Crippen molar-refractivity contribution in [2.75, 3.05) is 13.7 Å². The summed E-state index contributed by atoms with van der Waals surface area (Å²) in [5.74, 6) is -0.457. The van der Waals surface area contributed by atoms with Gasteiger partial charge in [-0.3, -0.25) is 4.79 Å². The van der Waals surface area contributed by atoms with Crippen LogP contribution in [-0.2, 0) is 19.6 Å². The first kappa shape index (κ1) is 16.3. The number of carbonyl (C=O) groups is 1. The number of halogens is 2. The Bertz CT molecular complexity index is 523. The van der Waals surface area contributed by atoms with Crippen LogP contribution >= 0.6 is 49.9 Å².